The summed E-state index contributed by atoms with van der Waals surface area (Å²) in [4.78, 5) is 12.0. The van der Waals surface area contributed by atoms with E-state index < -0.39 is 34.8 Å². The summed E-state index contributed by atoms with van der Waals surface area (Å²) in [5.74, 6) is -0.896. The fourth-order valence-corrected chi connectivity index (χ4v) is 3.18. The van der Waals surface area contributed by atoms with Crippen LogP contribution in [-0.4, -0.2) is 24.6 Å². The zero-order valence-electron chi connectivity index (χ0n) is 15.1. The lowest BCUT2D eigenvalue weighted by Gasteiger charge is -2.32. The zero-order valence-corrected chi connectivity index (χ0v) is 15.1. The topological polar surface area (TPSA) is 64.4 Å². The first-order valence-electron chi connectivity index (χ1n) is 8.87. The van der Waals surface area contributed by atoms with Gasteiger partial charge in [0.15, 0.2) is 0 Å². The van der Waals surface area contributed by atoms with Gasteiger partial charge in [-0.15, -0.1) is 0 Å². The maximum absolute atomic E-state index is 12.8. The average molecular weight is 412 g/mol. The van der Waals surface area contributed by atoms with Crippen molar-refractivity contribution in [2.45, 2.75) is 56.4 Å². The highest BCUT2D eigenvalue weighted by Crippen LogP contribution is 2.38. The van der Waals surface area contributed by atoms with Crippen molar-refractivity contribution in [3.63, 3.8) is 0 Å². The van der Waals surface area contributed by atoms with Crippen molar-refractivity contribution in [3.8, 4) is 5.75 Å². The maximum Gasteiger partial charge on any atom is 0.416 e. The van der Waals surface area contributed by atoms with Gasteiger partial charge in [0.1, 0.15) is 12.4 Å². The SMILES string of the molecule is NC1(CC(=O)NCCOc2cc(C(F)(F)F)cc(C(F)(F)F)c2)CCCCC1. The zero-order chi connectivity index (χ0) is 21.0. The molecule has 1 fully saturated rings. The van der Waals surface area contributed by atoms with Crippen LogP contribution in [0.3, 0.4) is 0 Å². The summed E-state index contributed by atoms with van der Waals surface area (Å²) in [7, 11) is 0. The van der Waals surface area contributed by atoms with E-state index in [-0.39, 0.29) is 31.5 Å². The van der Waals surface area contributed by atoms with Gasteiger partial charge in [-0.25, -0.2) is 0 Å². The first-order valence-corrected chi connectivity index (χ1v) is 8.87. The summed E-state index contributed by atoms with van der Waals surface area (Å²) in [6.45, 7) is -0.339. The lowest BCUT2D eigenvalue weighted by Crippen LogP contribution is -2.46. The second-order valence-corrected chi connectivity index (χ2v) is 7.04. The van der Waals surface area contributed by atoms with Crippen molar-refractivity contribution >= 4 is 5.91 Å². The highest BCUT2D eigenvalue weighted by Gasteiger charge is 2.37. The number of ether oxygens (including phenoxy) is 1. The van der Waals surface area contributed by atoms with E-state index in [2.05, 4.69) is 5.32 Å². The lowest BCUT2D eigenvalue weighted by atomic mass is 9.80. The quantitative estimate of drug-likeness (QED) is 0.542. The summed E-state index contributed by atoms with van der Waals surface area (Å²) in [5.41, 5.74) is 2.69. The van der Waals surface area contributed by atoms with E-state index in [1.54, 1.807) is 0 Å². The van der Waals surface area contributed by atoms with Crippen molar-refractivity contribution in [2.24, 2.45) is 5.73 Å². The minimum Gasteiger partial charge on any atom is -0.492 e. The summed E-state index contributed by atoms with van der Waals surface area (Å²) >= 11 is 0. The standard InChI is InChI=1S/C18H22F6N2O2/c19-17(20,21)12-8-13(18(22,23)24)10-14(9-12)28-7-6-26-15(27)11-16(25)4-2-1-3-5-16/h8-10H,1-7,11,25H2,(H,26,27). The molecule has 0 saturated heterocycles. The average Bonchev–Trinajstić information content (AvgIpc) is 2.57. The molecule has 0 radical (unpaired) electrons. The van der Waals surface area contributed by atoms with E-state index in [0.29, 0.717) is 12.1 Å². The van der Waals surface area contributed by atoms with E-state index in [4.69, 9.17) is 10.5 Å². The molecule has 0 bridgehead atoms. The molecule has 0 spiro atoms. The molecule has 1 aliphatic rings. The van der Waals surface area contributed by atoms with Crippen LogP contribution < -0.4 is 15.8 Å². The minimum absolute atomic E-state index is 0.0273. The van der Waals surface area contributed by atoms with Crippen LogP contribution >= 0.6 is 0 Å². The van der Waals surface area contributed by atoms with E-state index in [1.165, 1.54) is 0 Å². The molecule has 158 valence electrons. The number of hydrogen-bond acceptors (Lipinski definition) is 3. The molecule has 0 unspecified atom stereocenters. The van der Waals surface area contributed by atoms with Crippen LogP contribution in [-0.2, 0) is 17.1 Å². The molecule has 1 aliphatic carbocycles. The van der Waals surface area contributed by atoms with Crippen LogP contribution in [0.5, 0.6) is 5.75 Å². The van der Waals surface area contributed by atoms with E-state index >= 15 is 0 Å². The Kier molecular flexibility index (Phi) is 6.84. The molecule has 0 aliphatic heterocycles. The third-order valence-electron chi connectivity index (χ3n) is 4.62. The summed E-state index contributed by atoms with van der Waals surface area (Å²) in [6.07, 6.45) is -5.32. The van der Waals surface area contributed by atoms with Gasteiger partial charge in [-0.1, -0.05) is 19.3 Å². The highest BCUT2D eigenvalue weighted by atomic mass is 19.4. The molecule has 0 aromatic heterocycles. The Hall–Kier alpha value is -1.97. The van der Waals surface area contributed by atoms with Gasteiger partial charge in [0.05, 0.1) is 17.7 Å². The molecule has 1 aromatic rings. The summed E-state index contributed by atoms with van der Waals surface area (Å²) in [5, 5.41) is 2.53. The van der Waals surface area contributed by atoms with Crippen molar-refractivity contribution in [3.05, 3.63) is 29.3 Å². The largest absolute Gasteiger partial charge is 0.492 e. The highest BCUT2D eigenvalue weighted by molar-refractivity contribution is 5.77. The van der Waals surface area contributed by atoms with Gasteiger partial charge in [0, 0.05) is 12.0 Å². The smallest absolute Gasteiger partial charge is 0.416 e. The van der Waals surface area contributed by atoms with Gasteiger partial charge in [-0.05, 0) is 31.0 Å². The summed E-state index contributed by atoms with van der Waals surface area (Å²) < 4.78 is 81.8. The molecule has 3 N–H and O–H groups in total. The number of carbonyl (C=O) groups is 1. The van der Waals surface area contributed by atoms with Crippen molar-refractivity contribution < 1.29 is 35.9 Å². The van der Waals surface area contributed by atoms with E-state index in [9.17, 15) is 31.1 Å². The number of halogens is 6. The maximum atomic E-state index is 12.8. The fraction of sp³-hybridized carbons (Fsp3) is 0.611. The van der Waals surface area contributed by atoms with Gasteiger partial charge in [-0.2, -0.15) is 26.3 Å². The Labute approximate surface area is 158 Å². The predicted molar refractivity (Wildman–Crippen MR) is 89.6 cm³/mol. The van der Waals surface area contributed by atoms with Crippen LogP contribution in [0.25, 0.3) is 0 Å². The number of alkyl halides is 6. The molecule has 0 atom stereocenters. The monoisotopic (exact) mass is 412 g/mol. The number of benzene rings is 1. The van der Waals surface area contributed by atoms with Gasteiger partial charge in [0.2, 0.25) is 5.91 Å². The summed E-state index contributed by atoms with van der Waals surface area (Å²) in [6, 6.07) is 1.02. The number of carbonyl (C=O) groups excluding carboxylic acids is 1. The molecule has 28 heavy (non-hydrogen) atoms. The molecular formula is C18H22F6N2O2. The fourth-order valence-electron chi connectivity index (χ4n) is 3.18. The second-order valence-electron chi connectivity index (χ2n) is 7.04. The number of rotatable bonds is 6. The van der Waals surface area contributed by atoms with Gasteiger partial charge in [-0.3, -0.25) is 4.79 Å². The van der Waals surface area contributed by atoms with Gasteiger partial charge >= 0.3 is 12.4 Å². The van der Waals surface area contributed by atoms with Crippen molar-refractivity contribution in [1.29, 1.82) is 0 Å². The Morgan fingerprint density at radius 3 is 2.04 bits per heavy atom. The molecule has 1 saturated carbocycles. The predicted octanol–water partition coefficient (Wildman–Crippen LogP) is 4.27. The molecule has 1 amide bonds. The first-order chi connectivity index (χ1) is 12.9. The number of nitrogens with two attached hydrogens (primary N) is 1. The third-order valence-corrected chi connectivity index (χ3v) is 4.62. The number of amides is 1. The third kappa shape index (κ3) is 6.57. The van der Waals surface area contributed by atoms with E-state index in [0.717, 1.165) is 32.1 Å². The molecule has 4 nitrogen and oxygen atoms in total. The Morgan fingerprint density at radius 2 is 1.54 bits per heavy atom. The number of nitrogens with one attached hydrogen (secondary N) is 1. The van der Waals surface area contributed by atoms with Crippen LogP contribution in [0.4, 0.5) is 26.3 Å². The van der Waals surface area contributed by atoms with Gasteiger partial charge in [0.25, 0.3) is 0 Å². The Bertz CT molecular complexity index is 649. The van der Waals surface area contributed by atoms with Crippen molar-refractivity contribution in [2.75, 3.05) is 13.2 Å². The minimum atomic E-state index is -4.94. The van der Waals surface area contributed by atoms with Crippen molar-refractivity contribution in [1.82, 2.24) is 5.32 Å². The number of hydrogen-bond donors (Lipinski definition) is 2. The normalized spacial score (nSPS) is 17.2. The lowest BCUT2D eigenvalue weighted by molar-refractivity contribution is -0.143. The second kappa shape index (κ2) is 8.59. The van der Waals surface area contributed by atoms with E-state index in [1.807, 2.05) is 0 Å². The van der Waals surface area contributed by atoms with Crippen LogP contribution in [0.1, 0.15) is 49.7 Å². The Morgan fingerprint density at radius 1 is 1.00 bits per heavy atom. The van der Waals surface area contributed by atoms with Crippen LogP contribution in [0.2, 0.25) is 0 Å². The first kappa shape index (κ1) is 22.3. The molecular weight excluding hydrogens is 390 g/mol. The Balaban J connectivity index is 1.90. The molecule has 2 rings (SSSR count). The van der Waals surface area contributed by atoms with Crippen LogP contribution in [0.15, 0.2) is 18.2 Å². The molecule has 1 aromatic carbocycles. The van der Waals surface area contributed by atoms with Gasteiger partial charge < -0.3 is 15.8 Å². The molecule has 0 heterocycles. The molecule has 10 heteroatoms. The van der Waals surface area contributed by atoms with Crippen LogP contribution in [0, 0.1) is 0 Å².